The zero-order valence-electron chi connectivity index (χ0n) is 14.4. The summed E-state index contributed by atoms with van der Waals surface area (Å²) in [5, 5.41) is 10.2. The molecule has 2 aliphatic heterocycles. The number of β-amino-alcohol motifs (C(OH)–C–C–N with tert-alkyl or cyclic N) is 1. The van der Waals surface area contributed by atoms with Gasteiger partial charge in [0.2, 0.25) is 0 Å². The van der Waals surface area contributed by atoms with Crippen LogP contribution in [0.3, 0.4) is 0 Å². The highest BCUT2D eigenvalue weighted by Gasteiger charge is 2.17. The third-order valence-corrected chi connectivity index (χ3v) is 5.53. The van der Waals surface area contributed by atoms with Gasteiger partial charge in [0.05, 0.1) is 7.11 Å². The van der Waals surface area contributed by atoms with Crippen LogP contribution in [-0.4, -0.2) is 79.0 Å². The number of likely N-dealkylation sites (tertiary alicyclic amines) is 1. The minimum atomic E-state index is -0.474. The lowest BCUT2D eigenvalue weighted by Gasteiger charge is -2.30. The second kappa shape index (κ2) is 8.94. The van der Waals surface area contributed by atoms with Crippen molar-refractivity contribution in [3.05, 3.63) is 23.8 Å². The van der Waals surface area contributed by atoms with Crippen LogP contribution in [0, 0.1) is 0 Å². The number of methoxy groups -OCH3 is 1. The summed E-state index contributed by atoms with van der Waals surface area (Å²) in [7, 11) is 1.66. The SMILES string of the molecule is COc1cc(CN2CCC2)ccc1OC[C@@H](O)CN1CCSCC1. The summed E-state index contributed by atoms with van der Waals surface area (Å²) in [6.07, 6.45) is 0.824. The number of nitrogens with zero attached hydrogens (tertiary/aromatic N) is 2. The maximum atomic E-state index is 10.2. The molecule has 24 heavy (non-hydrogen) atoms. The number of thioether (sulfide) groups is 1. The Morgan fingerprint density at radius 1 is 1.12 bits per heavy atom. The maximum absolute atomic E-state index is 10.2. The van der Waals surface area contributed by atoms with Crippen LogP contribution in [0.2, 0.25) is 0 Å². The molecule has 0 bridgehead atoms. The first kappa shape index (κ1) is 17.9. The minimum absolute atomic E-state index is 0.297. The Morgan fingerprint density at radius 3 is 2.58 bits per heavy atom. The molecule has 2 fully saturated rings. The average molecular weight is 353 g/mol. The van der Waals surface area contributed by atoms with Gasteiger partial charge in [0.1, 0.15) is 12.7 Å². The van der Waals surface area contributed by atoms with Crippen molar-refractivity contribution in [2.24, 2.45) is 0 Å². The third-order valence-electron chi connectivity index (χ3n) is 4.59. The molecule has 0 spiro atoms. The van der Waals surface area contributed by atoms with Crippen molar-refractivity contribution in [2.45, 2.75) is 19.1 Å². The van der Waals surface area contributed by atoms with Crippen molar-refractivity contribution in [3.63, 3.8) is 0 Å². The standard InChI is InChI=1S/C18H28N2O3S/c1-22-18-11-15(12-19-5-2-6-19)3-4-17(18)23-14-16(21)13-20-7-9-24-10-8-20/h3-4,11,16,21H,2,5-10,12-14H2,1H3/t16-/m0/s1. The highest BCUT2D eigenvalue weighted by Crippen LogP contribution is 2.29. The van der Waals surface area contributed by atoms with E-state index < -0.39 is 6.10 Å². The molecule has 0 amide bonds. The van der Waals surface area contributed by atoms with Gasteiger partial charge in [-0.1, -0.05) is 6.07 Å². The summed E-state index contributed by atoms with van der Waals surface area (Å²) in [6, 6.07) is 6.09. The molecule has 1 atom stereocenters. The first-order chi connectivity index (χ1) is 11.7. The quantitative estimate of drug-likeness (QED) is 0.768. The zero-order chi connectivity index (χ0) is 16.8. The van der Waals surface area contributed by atoms with Crippen molar-refractivity contribution in [3.8, 4) is 11.5 Å². The monoisotopic (exact) mass is 352 g/mol. The zero-order valence-corrected chi connectivity index (χ0v) is 15.3. The third kappa shape index (κ3) is 5.02. The number of rotatable bonds is 8. The molecular weight excluding hydrogens is 324 g/mol. The number of aliphatic hydroxyl groups excluding tert-OH is 1. The van der Waals surface area contributed by atoms with Gasteiger partial charge < -0.3 is 14.6 Å². The molecule has 2 aliphatic rings. The van der Waals surface area contributed by atoms with Gasteiger partial charge >= 0.3 is 0 Å². The molecular formula is C18H28N2O3S. The van der Waals surface area contributed by atoms with Crippen molar-refractivity contribution < 1.29 is 14.6 Å². The van der Waals surface area contributed by atoms with Gasteiger partial charge in [-0.3, -0.25) is 9.80 Å². The average Bonchev–Trinajstić information content (AvgIpc) is 2.57. The van der Waals surface area contributed by atoms with E-state index >= 15 is 0 Å². The largest absolute Gasteiger partial charge is 0.493 e. The predicted octanol–water partition coefficient (Wildman–Crippen LogP) is 1.69. The lowest BCUT2D eigenvalue weighted by molar-refractivity contribution is 0.0704. The van der Waals surface area contributed by atoms with Gasteiger partial charge in [-0.05, 0) is 37.2 Å². The molecule has 0 unspecified atom stereocenters. The lowest BCUT2D eigenvalue weighted by Crippen LogP contribution is -2.40. The van der Waals surface area contributed by atoms with E-state index in [1.165, 1.54) is 25.1 Å². The second-order valence-corrected chi connectivity index (χ2v) is 7.72. The molecule has 0 aromatic heterocycles. The van der Waals surface area contributed by atoms with Gasteiger partial charge in [0.25, 0.3) is 0 Å². The van der Waals surface area contributed by atoms with E-state index in [4.69, 9.17) is 9.47 Å². The van der Waals surface area contributed by atoms with Crippen LogP contribution in [-0.2, 0) is 6.54 Å². The number of aliphatic hydroxyl groups is 1. The van der Waals surface area contributed by atoms with Crippen LogP contribution < -0.4 is 9.47 Å². The van der Waals surface area contributed by atoms with E-state index in [-0.39, 0.29) is 0 Å². The fraction of sp³-hybridized carbons (Fsp3) is 0.667. The summed E-state index contributed by atoms with van der Waals surface area (Å²) in [4.78, 5) is 4.72. The Bertz CT molecular complexity index is 519. The van der Waals surface area contributed by atoms with Gasteiger partial charge in [-0.15, -0.1) is 0 Å². The predicted molar refractivity (Wildman–Crippen MR) is 98.2 cm³/mol. The molecule has 1 aromatic rings. The summed E-state index contributed by atoms with van der Waals surface area (Å²) in [5.74, 6) is 3.76. The van der Waals surface area contributed by atoms with Crippen LogP contribution in [0.25, 0.3) is 0 Å². The fourth-order valence-corrected chi connectivity index (χ4v) is 4.03. The van der Waals surface area contributed by atoms with E-state index in [0.717, 1.165) is 36.9 Å². The molecule has 5 nitrogen and oxygen atoms in total. The van der Waals surface area contributed by atoms with Crippen molar-refractivity contribution in [1.82, 2.24) is 9.80 Å². The smallest absolute Gasteiger partial charge is 0.161 e. The van der Waals surface area contributed by atoms with Crippen molar-refractivity contribution >= 4 is 11.8 Å². The van der Waals surface area contributed by atoms with Crippen molar-refractivity contribution in [2.75, 3.05) is 57.9 Å². The Hall–Kier alpha value is -0.950. The van der Waals surface area contributed by atoms with Crippen LogP contribution >= 0.6 is 11.8 Å². The molecule has 2 heterocycles. The molecule has 6 heteroatoms. The lowest BCUT2D eigenvalue weighted by atomic mass is 10.1. The molecule has 0 saturated carbocycles. The molecule has 3 rings (SSSR count). The van der Waals surface area contributed by atoms with E-state index in [2.05, 4.69) is 15.9 Å². The molecule has 134 valence electrons. The molecule has 2 saturated heterocycles. The first-order valence-corrected chi connectivity index (χ1v) is 9.90. The molecule has 1 N–H and O–H groups in total. The summed E-state index contributed by atoms with van der Waals surface area (Å²) >= 11 is 1.98. The van der Waals surface area contributed by atoms with E-state index in [9.17, 15) is 5.11 Å². The Kier molecular flexibility index (Phi) is 6.66. The number of ether oxygens (including phenoxy) is 2. The Labute approximate surface area is 148 Å². The van der Waals surface area contributed by atoms with Crippen LogP contribution in [0.4, 0.5) is 0 Å². The van der Waals surface area contributed by atoms with Crippen molar-refractivity contribution in [1.29, 1.82) is 0 Å². The van der Waals surface area contributed by atoms with Crippen LogP contribution in [0.15, 0.2) is 18.2 Å². The Morgan fingerprint density at radius 2 is 1.92 bits per heavy atom. The number of hydrogen-bond donors (Lipinski definition) is 1. The number of hydrogen-bond acceptors (Lipinski definition) is 6. The summed E-state index contributed by atoms with van der Waals surface area (Å²) in [5.41, 5.74) is 1.24. The van der Waals surface area contributed by atoms with E-state index in [0.29, 0.717) is 18.9 Å². The summed E-state index contributed by atoms with van der Waals surface area (Å²) in [6.45, 7) is 6.41. The maximum Gasteiger partial charge on any atom is 0.161 e. The van der Waals surface area contributed by atoms with Gasteiger partial charge in [0.15, 0.2) is 11.5 Å². The van der Waals surface area contributed by atoms with E-state index in [1.807, 2.05) is 23.9 Å². The van der Waals surface area contributed by atoms with E-state index in [1.54, 1.807) is 7.11 Å². The highest BCUT2D eigenvalue weighted by atomic mass is 32.2. The molecule has 1 aromatic carbocycles. The topological polar surface area (TPSA) is 45.2 Å². The highest BCUT2D eigenvalue weighted by molar-refractivity contribution is 7.99. The van der Waals surface area contributed by atoms with Gasteiger partial charge in [0, 0.05) is 37.7 Å². The fourth-order valence-electron chi connectivity index (χ4n) is 3.05. The summed E-state index contributed by atoms with van der Waals surface area (Å²) < 4.78 is 11.3. The van der Waals surface area contributed by atoms with Gasteiger partial charge in [-0.25, -0.2) is 0 Å². The Balaban J connectivity index is 1.49. The second-order valence-electron chi connectivity index (χ2n) is 6.49. The minimum Gasteiger partial charge on any atom is -0.493 e. The molecule has 0 radical (unpaired) electrons. The molecule has 0 aliphatic carbocycles. The normalized spacial score (nSPS) is 20.4. The van der Waals surface area contributed by atoms with Crippen LogP contribution in [0.5, 0.6) is 11.5 Å². The first-order valence-electron chi connectivity index (χ1n) is 8.75. The van der Waals surface area contributed by atoms with Crippen LogP contribution in [0.1, 0.15) is 12.0 Å². The van der Waals surface area contributed by atoms with Gasteiger partial charge in [-0.2, -0.15) is 11.8 Å². The number of benzene rings is 1.